The molecule has 7 nitrogen and oxygen atoms in total. The van der Waals surface area contributed by atoms with Crippen molar-refractivity contribution in [3.05, 3.63) is 82.0 Å². The molecule has 1 amide bonds. The molecule has 0 fully saturated rings. The second-order valence-corrected chi connectivity index (χ2v) is 8.86. The summed E-state index contributed by atoms with van der Waals surface area (Å²) in [6, 6.07) is 18.8. The van der Waals surface area contributed by atoms with Crippen LogP contribution in [-0.2, 0) is 14.3 Å². The van der Waals surface area contributed by atoms with E-state index in [9.17, 15) is 14.9 Å². The zero-order valence-corrected chi connectivity index (χ0v) is 20.9. The fourth-order valence-electron chi connectivity index (χ4n) is 3.75. The Labute approximate surface area is 210 Å². The molecule has 1 aliphatic rings. The normalized spacial score (nSPS) is 15.2. The number of carbonyl (C=O) groups is 2. The number of allylic oxidation sites excluding steroid dienone is 2. The van der Waals surface area contributed by atoms with Crippen LogP contribution in [0.1, 0.15) is 38.2 Å². The number of amides is 1. The van der Waals surface area contributed by atoms with Crippen molar-refractivity contribution in [2.45, 2.75) is 32.6 Å². The van der Waals surface area contributed by atoms with E-state index in [0.29, 0.717) is 39.9 Å². The summed E-state index contributed by atoms with van der Waals surface area (Å²) in [4.78, 5) is 25.7. The van der Waals surface area contributed by atoms with E-state index in [-0.39, 0.29) is 17.6 Å². The van der Waals surface area contributed by atoms with Crippen molar-refractivity contribution in [3.63, 3.8) is 0 Å². The molecule has 0 aromatic heterocycles. The number of unbranched alkanes of at least 4 members (excludes halogenated alkanes) is 1. The van der Waals surface area contributed by atoms with Crippen molar-refractivity contribution in [1.29, 1.82) is 5.26 Å². The van der Waals surface area contributed by atoms with Gasteiger partial charge in [0.1, 0.15) is 5.75 Å². The van der Waals surface area contributed by atoms with Crippen molar-refractivity contribution in [1.82, 2.24) is 5.32 Å². The lowest BCUT2D eigenvalue weighted by atomic mass is 9.82. The van der Waals surface area contributed by atoms with E-state index < -0.39 is 5.92 Å². The number of ether oxygens (including phenoxy) is 2. The number of rotatable bonds is 10. The lowest BCUT2D eigenvalue weighted by Gasteiger charge is -2.30. The lowest BCUT2D eigenvalue weighted by molar-refractivity contribution is -0.140. The molecule has 8 heteroatoms. The number of anilines is 1. The zero-order valence-electron chi connectivity index (χ0n) is 20.1. The molecule has 0 radical (unpaired) electrons. The van der Waals surface area contributed by atoms with E-state index in [2.05, 4.69) is 16.7 Å². The minimum Gasteiger partial charge on any atom is -0.495 e. The second kappa shape index (κ2) is 12.7. The van der Waals surface area contributed by atoms with Gasteiger partial charge in [-0.3, -0.25) is 9.59 Å². The Morgan fingerprint density at radius 1 is 1.14 bits per heavy atom. The van der Waals surface area contributed by atoms with Crippen LogP contribution in [0.25, 0.3) is 0 Å². The quantitative estimate of drug-likeness (QED) is 0.352. The van der Waals surface area contributed by atoms with E-state index in [1.807, 2.05) is 49.4 Å². The molecule has 2 aromatic carbocycles. The molecule has 0 unspecified atom stereocenters. The highest BCUT2D eigenvalue weighted by Gasteiger charge is 2.35. The molecule has 1 heterocycles. The van der Waals surface area contributed by atoms with Gasteiger partial charge in [-0.2, -0.15) is 5.26 Å². The number of carbonyl (C=O) groups excluding carboxylic acids is 2. The van der Waals surface area contributed by atoms with E-state index in [1.165, 1.54) is 18.9 Å². The summed E-state index contributed by atoms with van der Waals surface area (Å²) in [5, 5.41) is 16.8. The first kappa shape index (κ1) is 25.9. The first-order valence-electron chi connectivity index (χ1n) is 11.4. The predicted octanol–water partition coefficient (Wildman–Crippen LogP) is 5.11. The average Bonchev–Trinajstić information content (AvgIpc) is 2.87. The molecule has 0 saturated heterocycles. The molecule has 1 atom stereocenters. The maximum absolute atomic E-state index is 13.5. The molecule has 0 bridgehead atoms. The van der Waals surface area contributed by atoms with Crippen molar-refractivity contribution < 1.29 is 19.1 Å². The summed E-state index contributed by atoms with van der Waals surface area (Å²) < 4.78 is 10.6. The largest absolute Gasteiger partial charge is 0.495 e. The molecular formula is C27H29N3O4S. The molecule has 0 aliphatic carbocycles. The molecule has 3 rings (SSSR count). The van der Waals surface area contributed by atoms with Gasteiger partial charge in [0.25, 0.3) is 5.91 Å². The van der Waals surface area contributed by atoms with Crippen LogP contribution < -0.4 is 15.4 Å². The highest BCUT2D eigenvalue weighted by molar-refractivity contribution is 8.03. The third-order valence-corrected chi connectivity index (χ3v) is 6.47. The van der Waals surface area contributed by atoms with Gasteiger partial charge in [-0.1, -0.05) is 67.6 Å². The number of dihydropyridines is 1. The molecule has 0 saturated carbocycles. The summed E-state index contributed by atoms with van der Waals surface area (Å²) >= 11 is 1.21. The van der Waals surface area contributed by atoms with Gasteiger partial charge in [0.2, 0.25) is 0 Å². The Hall–Kier alpha value is -3.70. The first-order valence-corrected chi connectivity index (χ1v) is 12.4. The van der Waals surface area contributed by atoms with Crippen LogP contribution in [-0.4, -0.2) is 31.3 Å². The Morgan fingerprint density at radius 3 is 2.54 bits per heavy atom. The SMILES string of the molecule is CCCCOC(=O)CSC1=C(C#N)[C@H](c2ccccc2)C(C(=O)Nc2ccccc2OC)=C(C)N1. The Balaban J connectivity index is 1.93. The summed E-state index contributed by atoms with van der Waals surface area (Å²) in [6.07, 6.45) is 1.75. The lowest BCUT2D eigenvalue weighted by Crippen LogP contribution is -2.31. The van der Waals surface area contributed by atoms with Crippen LogP contribution in [0.3, 0.4) is 0 Å². The number of nitriles is 1. The van der Waals surface area contributed by atoms with Gasteiger partial charge in [0.05, 0.1) is 47.7 Å². The third kappa shape index (κ3) is 6.46. The highest BCUT2D eigenvalue weighted by atomic mass is 32.2. The van der Waals surface area contributed by atoms with Gasteiger partial charge in [0, 0.05) is 11.3 Å². The summed E-state index contributed by atoms with van der Waals surface area (Å²) in [6.45, 7) is 4.20. The molecular weight excluding hydrogens is 462 g/mol. The van der Waals surface area contributed by atoms with Gasteiger partial charge >= 0.3 is 5.97 Å². The van der Waals surface area contributed by atoms with Gasteiger partial charge in [-0.05, 0) is 31.0 Å². The van der Waals surface area contributed by atoms with Crippen LogP contribution in [0.15, 0.2) is 76.5 Å². The number of nitrogens with zero attached hydrogens (tertiary/aromatic N) is 1. The van der Waals surface area contributed by atoms with Crippen molar-refractivity contribution >= 4 is 29.3 Å². The molecule has 1 aliphatic heterocycles. The zero-order chi connectivity index (χ0) is 25.2. The standard InChI is InChI=1S/C27H29N3O4S/c1-4-5-15-34-23(31)17-35-27-20(16-28)25(19-11-7-6-8-12-19)24(18(2)29-27)26(32)30-21-13-9-10-14-22(21)33-3/h6-14,25,29H,4-5,15,17H2,1-3H3,(H,30,32)/t25-/m0/s1. The average molecular weight is 492 g/mol. The number of hydrogen-bond acceptors (Lipinski definition) is 7. The van der Waals surface area contributed by atoms with Crippen LogP contribution >= 0.6 is 11.8 Å². The van der Waals surface area contributed by atoms with E-state index in [0.717, 1.165) is 18.4 Å². The van der Waals surface area contributed by atoms with Gasteiger partial charge in [-0.25, -0.2) is 0 Å². The Morgan fingerprint density at radius 2 is 1.86 bits per heavy atom. The summed E-state index contributed by atoms with van der Waals surface area (Å²) in [5.41, 5.74) is 2.74. The number of nitrogens with one attached hydrogen (secondary N) is 2. The predicted molar refractivity (Wildman–Crippen MR) is 138 cm³/mol. The van der Waals surface area contributed by atoms with Crippen LogP contribution in [0.2, 0.25) is 0 Å². The molecule has 2 aromatic rings. The Kier molecular flexibility index (Phi) is 9.39. The Bertz CT molecular complexity index is 1170. The smallest absolute Gasteiger partial charge is 0.316 e. The number of esters is 1. The number of benzene rings is 2. The maximum Gasteiger partial charge on any atom is 0.316 e. The number of para-hydroxylation sites is 2. The fraction of sp³-hybridized carbons (Fsp3) is 0.296. The van der Waals surface area contributed by atoms with Crippen molar-refractivity contribution in [2.75, 3.05) is 24.8 Å². The molecule has 0 spiro atoms. The van der Waals surface area contributed by atoms with E-state index in [4.69, 9.17) is 9.47 Å². The minimum absolute atomic E-state index is 0.0642. The van der Waals surface area contributed by atoms with Crippen LogP contribution in [0.4, 0.5) is 5.69 Å². The van der Waals surface area contributed by atoms with E-state index in [1.54, 1.807) is 19.1 Å². The van der Waals surface area contributed by atoms with Gasteiger partial charge in [-0.15, -0.1) is 0 Å². The highest BCUT2D eigenvalue weighted by Crippen LogP contribution is 2.41. The van der Waals surface area contributed by atoms with E-state index >= 15 is 0 Å². The van der Waals surface area contributed by atoms with Crippen LogP contribution in [0.5, 0.6) is 5.75 Å². The minimum atomic E-state index is -0.601. The van der Waals surface area contributed by atoms with Gasteiger partial charge < -0.3 is 20.1 Å². The molecule has 2 N–H and O–H groups in total. The molecule has 35 heavy (non-hydrogen) atoms. The third-order valence-electron chi connectivity index (χ3n) is 5.48. The monoisotopic (exact) mass is 491 g/mol. The first-order chi connectivity index (χ1) is 17.0. The number of methoxy groups -OCH3 is 1. The second-order valence-electron chi connectivity index (χ2n) is 7.88. The molecule has 182 valence electrons. The van der Waals surface area contributed by atoms with Crippen LogP contribution in [0, 0.1) is 11.3 Å². The summed E-state index contributed by atoms with van der Waals surface area (Å²) in [7, 11) is 1.54. The number of hydrogen-bond donors (Lipinski definition) is 2. The number of thioether (sulfide) groups is 1. The fourth-order valence-corrected chi connectivity index (χ4v) is 4.64. The van der Waals surface area contributed by atoms with Crippen molar-refractivity contribution in [3.8, 4) is 11.8 Å². The van der Waals surface area contributed by atoms with Crippen molar-refractivity contribution in [2.24, 2.45) is 0 Å². The maximum atomic E-state index is 13.5. The topological polar surface area (TPSA) is 100 Å². The van der Waals surface area contributed by atoms with Gasteiger partial charge in [0.15, 0.2) is 0 Å². The summed E-state index contributed by atoms with van der Waals surface area (Å²) in [5.74, 6) is -0.685.